The van der Waals surface area contributed by atoms with Gasteiger partial charge in [-0.2, -0.15) is 0 Å². The summed E-state index contributed by atoms with van der Waals surface area (Å²) in [5, 5.41) is 20.5. The molecule has 0 aromatic heterocycles. The second-order valence-corrected chi connectivity index (χ2v) is 3.27. The van der Waals surface area contributed by atoms with E-state index in [-0.39, 0.29) is 24.8 Å². The SMILES string of the molecule is Cl.Cl.N[C@H](C(=O)NCC(=O)O)[C@@H](N)C(=O)NCC(=O)O. The first-order valence-electron chi connectivity index (χ1n) is 4.76. The summed E-state index contributed by atoms with van der Waals surface area (Å²) < 4.78 is 0. The Balaban J connectivity index is -0.00000144. The van der Waals surface area contributed by atoms with Crippen molar-refractivity contribution in [2.24, 2.45) is 11.5 Å². The van der Waals surface area contributed by atoms with Crippen LogP contribution in [0.3, 0.4) is 0 Å². The monoisotopic (exact) mass is 334 g/mol. The quantitative estimate of drug-likeness (QED) is 0.282. The molecule has 2 atom stereocenters. The summed E-state index contributed by atoms with van der Waals surface area (Å²) in [5.41, 5.74) is 10.6. The van der Waals surface area contributed by atoms with Gasteiger partial charge in [0.05, 0.1) is 0 Å². The molecule has 20 heavy (non-hydrogen) atoms. The van der Waals surface area contributed by atoms with Gasteiger partial charge in [0, 0.05) is 0 Å². The Morgan fingerprint density at radius 3 is 1.25 bits per heavy atom. The molecule has 0 saturated carbocycles. The van der Waals surface area contributed by atoms with E-state index in [0.29, 0.717) is 0 Å². The molecule has 10 nitrogen and oxygen atoms in total. The number of carboxylic acid groups (broad SMARTS) is 2. The van der Waals surface area contributed by atoms with Crippen molar-refractivity contribution in [3.8, 4) is 0 Å². The van der Waals surface area contributed by atoms with Crippen molar-refractivity contribution >= 4 is 48.6 Å². The van der Waals surface area contributed by atoms with Crippen LogP contribution in [0.5, 0.6) is 0 Å². The number of carbonyl (C=O) groups is 4. The third kappa shape index (κ3) is 9.33. The summed E-state index contributed by atoms with van der Waals surface area (Å²) in [4.78, 5) is 42.9. The second-order valence-electron chi connectivity index (χ2n) is 3.27. The third-order valence-electron chi connectivity index (χ3n) is 1.82. The summed E-state index contributed by atoms with van der Waals surface area (Å²) in [6, 6.07) is -2.95. The predicted octanol–water partition coefficient (Wildman–Crippen LogP) is -3.11. The topological polar surface area (TPSA) is 185 Å². The van der Waals surface area contributed by atoms with E-state index in [1.54, 1.807) is 0 Å². The molecule has 0 heterocycles. The highest BCUT2D eigenvalue weighted by Crippen LogP contribution is 1.88. The van der Waals surface area contributed by atoms with Gasteiger partial charge in [-0.15, -0.1) is 24.8 Å². The minimum Gasteiger partial charge on any atom is -0.480 e. The number of amides is 2. The molecule has 0 spiro atoms. The summed E-state index contributed by atoms with van der Waals surface area (Å²) >= 11 is 0. The number of aliphatic carboxylic acids is 2. The number of halogens is 2. The van der Waals surface area contributed by atoms with Gasteiger partial charge < -0.3 is 32.3 Å². The lowest BCUT2D eigenvalue weighted by molar-refractivity contribution is -0.139. The van der Waals surface area contributed by atoms with Crippen molar-refractivity contribution < 1.29 is 29.4 Å². The number of hydrogen-bond acceptors (Lipinski definition) is 6. The second kappa shape index (κ2) is 11.2. The van der Waals surface area contributed by atoms with Crippen molar-refractivity contribution in [2.75, 3.05) is 13.1 Å². The Hall–Kier alpha value is -1.62. The minimum atomic E-state index is -1.47. The Morgan fingerprint density at radius 2 is 1.05 bits per heavy atom. The zero-order chi connectivity index (χ0) is 14.3. The van der Waals surface area contributed by atoms with Gasteiger partial charge in [0.2, 0.25) is 11.8 Å². The molecule has 118 valence electrons. The first kappa shape index (κ1) is 23.5. The van der Waals surface area contributed by atoms with Crippen LogP contribution in [-0.2, 0) is 19.2 Å². The highest BCUT2D eigenvalue weighted by Gasteiger charge is 2.27. The van der Waals surface area contributed by atoms with Crippen LogP contribution in [0.1, 0.15) is 0 Å². The van der Waals surface area contributed by atoms with Gasteiger partial charge in [-0.3, -0.25) is 19.2 Å². The summed E-state index contributed by atoms with van der Waals surface area (Å²) in [6.45, 7) is -1.31. The van der Waals surface area contributed by atoms with Gasteiger partial charge in [0.15, 0.2) is 0 Å². The molecule has 8 N–H and O–H groups in total. The number of nitrogens with one attached hydrogen (secondary N) is 2. The maximum Gasteiger partial charge on any atom is 0.322 e. The Bertz CT molecular complexity index is 333. The van der Waals surface area contributed by atoms with Gasteiger partial charge in [-0.1, -0.05) is 0 Å². The molecule has 0 radical (unpaired) electrons. The van der Waals surface area contributed by atoms with Crippen molar-refractivity contribution in [2.45, 2.75) is 12.1 Å². The molecule has 0 unspecified atom stereocenters. The normalized spacial score (nSPS) is 11.9. The third-order valence-corrected chi connectivity index (χ3v) is 1.82. The van der Waals surface area contributed by atoms with Crippen molar-refractivity contribution in [3.05, 3.63) is 0 Å². The summed E-state index contributed by atoms with van der Waals surface area (Å²) in [6.07, 6.45) is 0. The van der Waals surface area contributed by atoms with Crippen LogP contribution >= 0.6 is 24.8 Å². The average Bonchev–Trinajstić information content (AvgIpc) is 2.30. The smallest absolute Gasteiger partial charge is 0.322 e. The molecule has 0 aromatic rings. The zero-order valence-electron chi connectivity index (χ0n) is 10.1. The van der Waals surface area contributed by atoms with Gasteiger partial charge in [-0.05, 0) is 0 Å². The molecule has 0 rings (SSSR count). The van der Waals surface area contributed by atoms with Crippen molar-refractivity contribution in [3.63, 3.8) is 0 Å². The Morgan fingerprint density at radius 1 is 0.800 bits per heavy atom. The molecular formula is C8H16Cl2N4O6. The van der Waals surface area contributed by atoms with E-state index in [4.69, 9.17) is 21.7 Å². The number of rotatable bonds is 7. The minimum absolute atomic E-state index is 0. The summed E-state index contributed by atoms with van der Waals surface area (Å²) in [5.74, 6) is -4.40. The summed E-state index contributed by atoms with van der Waals surface area (Å²) in [7, 11) is 0. The van der Waals surface area contributed by atoms with Crippen LogP contribution in [0.4, 0.5) is 0 Å². The average molecular weight is 335 g/mol. The Kier molecular flexibility index (Phi) is 13.2. The molecular weight excluding hydrogens is 319 g/mol. The molecule has 0 saturated heterocycles. The lowest BCUT2D eigenvalue weighted by Crippen LogP contribution is -2.59. The standard InChI is InChI=1S/C8H14N4O6.2ClH/c9-5(7(17)11-1-3(13)14)6(10)8(18)12-2-4(15)16;;/h5-6H,1-2,9-10H2,(H,11,17)(H,12,18)(H,13,14)(H,15,16);2*1H/t5-,6+;;. The highest BCUT2D eigenvalue weighted by atomic mass is 35.5. The van der Waals surface area contributed by atoms with Crippen LogP contribution in [0.2, 0.25) is 0 Å². The predicted molar refractivity (Wildman–Crippen MR) is 71.7 cm³/mol. The lowest BCUT2D eigenvalue weighted by Gasteiger charge is -2.17. The van der Waals surface area contributed by atoms with Crippen LogP contribution in [0.15, 0.2) is 0 Å². The van der Waals surface area contributed by atoms with Crippen molar-refractivity contribution in [1.29, 1.82) is 0 Å². The molecule has 0 fully saturated rings. The number of carbonyl (C=O) groups excluding carboxylic acids is 2. The fourth-order valence-electron chi connectivity index (χ4n) is 0.887. The molecule has 0 aromatic carbocycles. The molecule has 0 bridgehead atoms. The van der Waals surface area contributed by atoms with Crippen molar-refractivity contribution in [1.82, 2.24) is 10.6 Å². The van der Waals surface area contributed by atoms with Gasteiger partial charge in [0.25, 0.3) is 0 Å². The van der Waals surface area contributed by atoms with Gasteiger partial charge >= 0.3 is 11.9 Å². The van der Waals surface area contributed by atoms with E-state index in [0.717, 1.165) is 0 Å². The van der Waals surface area contributed by atoms with E-state index < -0.39 is 48.9 Å². The molecule has 0 aliphatic heterocycles. The lowest BCUT2D eigenvalue weighted by atomic mass is 10.1. The maximum atomic E-state index is 11.3. The first-order valence-corrected chi connectivity index (χ1v) is 4.76. The maximum absolute atomic E-state index is 11.3. The molecule has 2 amide bonds. The molecule has 0 aliphatic carbocycles. The largest absolute Gasteiger partial charge is 0.480 e. The van der Waals surface area contributed by atoms with Crippen LogP contribution in [-0.4, -0.2) is 59.1 Å². The van der Waals surface area contributed by atoms with E-state index in [1.165, 1.54) is 0 Å². The van der Waals surface area contributed by atoms with Crippen LogP contribution in [0, 0.1) is 0 Å². The highest BCUT2D eigenvalue weighted by molar-refractivity contribution is 5.94. The Labute approximate surface area is 126 Å². The zero-order valence-corrected chi connectivity index (χ0v) is 11.7. The molecule has 0 aliphatic rings. The number of nitrogens with two attached hydrogens (primary N) is 2. The van der Waals surface area contributed by atoms with E-state index in [9.17, 15) is 19.2 Å². The van der Waals surface area contributed by atoms with Crippen LogP contribution < -0.4 is 22.1 Å². The van der Waals surface area contributed by atoms with E-state index >= 15 is 0 Å². The van der Waals surface area contributed by atoms with Gasteiger partial charge in [0.1, 0.15) is 25.2 Å². The molecule has 12 heteroatoms. The van der Waals surface area contributed by atoms with Crippen LogP contribution in [0.25, 0.3) is 0 Å². The van der Waals surface area contributed by atoms with E-state index in [1.807, 2.05) is 10.6 Å². The fourth-order valence-corrected chi connectivity index (χ4v) is 0.887. The first-order chi connectivity index (χ1) is 8.25. The number of carboxylic acids is 2. The number of hydrogen-bond donors (Lipinski definition) is 6. The van der Waals surface area contributed by atoms with Gasteiger partial charge in [-0.25, -0.2) is 0 Å². The fraction of sp³-hybridized carbons (Fsp3) is 0.500. The van der Waals surface area contributed by atoms with E-state index in [2.05, 4.69) is 0 Å².